The Bertz CT molecular complexity index is 776. The Labute approximate surface area is 165 Å². The van der Waals surface area contributed by atoms with Crippen molar-refractivity contribution in [2.24, 2.45) is 17.0 Å². The maximum absolute atomic E-state index is 12.2. The summed E-state index contributed by atoms with van der Waals surface area (Å²) in [5.74, 6) is -0.609. The van der Waals surface area contributed by atoms with Crippen LogP contribution in [0.3, 0.4) is 0 Å². The predicted molar refractivity (Wildman–Crippen MR) is 105 cm³/mol. The fourth-order valence-corrected chi connectivity index (χ4v) is 3.35. The summed E-state index contributed by atoms with van der Waals surface area (Å²) in [6, 6.07) is 9.90. The van der Waals surface area contributed by atoms with Crippen LogP contribution < -0.4 is 0 Å². The van der Waals surface area contributed by atoms with Crippen molar-refractivity contribution in [2.45, 2.75) is 45.7 Å². The van der Waals surface area contributed by atoms with Crippen molar-refractivity contribution in [1.82, 2.24) is 0 Å². The molecule has 0 N–H and O–H groups in total. The van der Waals surface area contributed by atoms with E-state index in [-0.39, 0.29) is 23.4 Å². The molecule has 0 spiro atoms. The van der Waals surface area contributed by atoms with Crippen molar-refractivity contribution in [2.75, 3.05) is 7.11 Å². The third-order valence-corrected chi connectivity index (χ3v) is 4.65. The monoisotopic (exact) mass is 385 g/mol. The lowest BCUT2D eigenvalue weighted by atomic mass is 9.83. The topological polar surface area (TPSA) is 66.4 Å². The first kappa shape index (κ1) is 20.1. The average Bonchev–Trinajstić information content (AvgIpc) is 3.09. The fraction of sp³-hybridized carbons (Fsp3) is 0.455. The Hall–Kier alpha value is -2.60. The van der Waals surface area contributed by atoms with Crippen LogP contribution in [0.5, 0.6) is 0 Å². The molecule has 1 aromatic carbocycles. The van der Waals surface area contributed by atoms with E-state index in [0.29, 0.717) is 18.6 Å². The minimum absolute atomic E-state index is 0.0712. The van der Waals surface area contributed by atoms with Crippen LogP contribution in [-0.4, -0.2) is 31.2 Å². The lowest BCUT2D eigenvalue weighted by Crippen LogP contribution is -2.37. The molecule has 0 saturated heterocycles. The number of nitrogens with zero attached hydrogens (tertiary/aromatic N) is 1. The third kappa shape index (κ3) is 4.81. The number of ether oxygens (including phenoxy) is 3. The number of oxime groups is 1. The SMILES string of the molecule is COC(=O)C1=COC(OCc2ccccc2)C2C(C=NOC(C)(C)C)=CCC12. The normalized spacial score (nSPS) is 24.2. The van der Waals surface area contributed by atoms with Crippen LogP contribution in [0.15, 0.2) is 59.0 Å². The van der Waals surface area contributed by atoms with Gasteiger partial charge in [0.25, 0.3) is 0 Å². The second kappa shape index (κ2) is 8.61. The van der Waals surface area contributed by atoms with Gasteiger partial charge < -0.3 is 19.0 Å². The molecule has 1 heterocycles. The van der Waals surface area contributed by atoms with Gasteiger partial charge in [-0.1, -0.05) is 41.6 Å². The van der Waals surface area contributed by atoms with Crippen molar-refractivity contribution >= 4 is 12.2 Å². The van der Waals surface area contributed by atoms with Crippen molar-refractivity contribution in [3.05, 3.63) is 59.4 Å². The summed E-state index contributed by atoms with van der Waals surface area (Å²) in [4.78, 5) is 17.6. The minimum Gasteiger partial charge on any atom is -0.471 e. The molecule has 0 fully saturated rings. The third-order valence-electron chi connectivity index (χ3n) is 4.65. The highest BCUT2D eigenvalue weighted by atomic mass is 16.7. The smallest absolute Gasteiger partial charge is 0.337 e. The summed E-state index contributed by atoms with van der Waals surface area (Å²) in [7, 11) is 1.37. The highest BCUT2D eigenvalue weighted by molar-refractivity contribution is 5.90. The van der Waals surface area contributed by atoms with Crippen LogP contribution in [0, 0.1) is 11.8 Å². The average molecular weight is 385 g/mol. The number of hydrogen-bond donors (Lipinski definition) is 0. The molecule has 3 unspecified atom stereocenters. The van der Waals surface area contributed by atoms with E-state index in [1.165, 1.54) is 13.4 Å². The summed E-state index contributed by atoms with van der Waals surface area (Å²) >= 11 is 0. The number of esters is 1. The van der Waals surface area contributed by atoms with Gasteiger partial charge in [-0.3, -0.25) is 0 Å². The molecule has 0 bridgehead atoms. The van der Waals surface area contributed by atoms with Gasteiger partial charge in [0.2, 0.25) is 6.29 Å². The number of benzene rings is 1. The fourth-order valence-electron chi connectivity index (χ4n) is 3.35. The van der Waals surface area contributed by atoms with Gasteiger partial charge in [0.1, 0.15) is 5.60 Å². The van der Waals surface area contributed by atoms with Crippen LogP contribution in [-0.2, 0) is 30.4 Å². The summed E-state index contributed by atoms with van der Waals surface area (Å²) < 4.78 is 16.8. The van der Waals surface area contributed by atoms with Gasteiger partial charge in [-0.25, -0.2) is 4.79 Å². The van der Waals surface area contributed by atoms with Crippen molar-refractivity contribution in [3.8, 4) is 0 Å². The Morgan fingerprint density at radius 2 is 2.04 bits per heavy atom. The Morgan fingerprint density at radius 3 is 2.71 bits per heavy atom. The first-order valence-electron chi connectivity index (χ1n) is 9.40. The molecule has 0 saturated carbocycles. The molecule has 6 nitrogen and oxygen atoms in total. The second-order valence-electron chi connectivity index (χ2n) is 7.88. The van der Waals surface area contributed by atoms with Gasteiger partial charge in [-0.15, -0.1) is 0 Å². The molecule has 6 heteroatoms. The van der Waals surface area contributed by atoms with E-state index in [4.69, 9.17) is 19.0 Å². The molecule has 0 radical (unpaired) electrons. The zero-order chi connectivity index (χ0) is 20.1. The minimum atomic E-state index is -0.520. The van der Waals surface area contributed by atoms with Gasteiger partial charge in [0.15, 0.2) is 0 Å². The first-order chi connectivity index (χ1) is 13.4. The number of allylic oxidation sites excluding steroid dienone is 1. The number of hydrogen-bond acceptors (Lipinski definition) is 6. The summed E-state index contributed by atoms with van der Waals surface area (Å²) in [5.41, 5.74) is 2.13. The van der Waals surface area contributed by atoms with E-state index in [1.54, 1.807) is 6.21 Å². The first-order valence-corrected chi connectivity index (χ1v) is 9.40. The largest absolute Gasteiger partial charge is 0.471 e. The quantitative estimate of drug-likeness (QED) is 0.421. The number of methoxy groups -OCH3 is 1. The van der Waals surface area contributed by atoms with Crippen molar-refractivity contribution in [1.29, 1.82) is 0 Å². The molecular weight excluding hydrogens is 358 g/mol. The molecule has 2 aliphatic rings. The Morgan fingerprint density at radius 1 is 1.29 bits per heavy atom. The molecule has 3 rings (SSSR count). The summed E-state index contributed by atoms with van der Waals surface area (Å²) in [5, 5.41) is 4.12. The lowest BCUT2D eigenvalue weighted by molar-refractivity contribution is -0.159. The molecule has 0 aromatic heterocycles. The molecule has 3 atom stereocenters. The van der Waals surface area contributed by atoms with E-state index in [9.17, 15) is 4.79 Å². The van der Waals surface area contributed by atoms with Crippen LogP contribution in [0.1, 0.15) is 32.8 Å². The molecule has 1 aliphatic carbocycles. The maximum atomic E-state index is 12.2. The summed E-state index contributed by atoms with van der Waals surface area (Å²) in [6.07, 6.45) is 5.39. The van der Waals surface area contributed by atoms with E-state index < -0.39 is 6.29 Å². The van der Waals surface area contributed by atoms with E-state index >= 15 is 0 Å². The molecule has 0 amide bonds. The zero-order valence-electron chi connectivity index (χ0n) is 16.8. The van der Waals surface area contributed by atoms with Crippen molar-refractivity contribution < 1.29 is 23.8 Å². The molecule has 1 aromatic rings. The van der Waals surface area contributed by atoms with Crippen LogP contribution in [0.4, 0.5) is 0 Å². The lowest BCUT2D eigenvalue weighted by Gasteiger charge is -2.34. The van der Waals surface area contributed by atoms with Gasteiger partial charge in [0, 0.05) is 5.92 Å². The Kier molecular flexibility index (Phi) is 6.19. The number of carbonyl (C=O) groups is 1. The maximum Gasteiger partial charge on any atom is 0.337 e. The van der Waals surface area contributed by atoms with Crippen LogP contribution in [0.25, 0.3) is 0 Å². The second-order valence-corrected chi connectivity index (χ2v) is 7.88. The number of carbonyl (C=O) groups excluding carboxylic acids is 1. The van der Waals surface area contributed by atoms with Gasteiger partial charge in [0.05, 0.1) is 37.7 Å². The van der Waals surface area contributed by atoms with E-state index in [0.717, 1.165) is 11.1 Å². The van der Waals surface area contributed by atoms with Crippen LogP contribution in [0.2, 0.25) is 0 Å². The molecule has 28 heavy (non-hydrogen) atoms. The number of rotatable bonds is 6. The number of fused-ring (bicyclic) bond motifs is 1. The predicted octanol–water partition coefficient (Wildman–Crippen LogP) is 3.98. The van der Waals surface area contributed by atoms with Gasteiger partial charge in [-0.2, -0.15) is 0 Å². The van der Waals surface area contributed by atoms with Gasteiger partial charge >= 0.3 is 5.97 Å². The van der Waals surface area contributed by atoms with Crippen LogP contribution >= 0.6 is 0 Å². The molecular formula is C22H27NO5. The zero-order valence-corrected chi connectivity index (χ0v) is 16.8. The van der Waals surface area contributed by atoms with Crippen molar-refractivity contribution in [3.63, 3.8) is 0 Å². The summed E-state index contributed by atoms with van der Waals surface area (Å²) in [6.45, 7) is 6.22. The molecule has 150 valence electrons. The highest BCUT2D eigenvalue weighted by Gasteiger charge is 2.44. The molecule has 1 aliphatic heterocycles. The highest BCUT2D eigenvalue weighted by Crippen LogP contribution is 2.43. The van der Waals surface area contributed by atoms with E-state index in [1.807, 2.05) is 51.1 Å². The van der Waals surface area contributed by atoms with E-state index in [2.05, 4.69) is 11.2 Å². The standard InChI is InChI=1S/C22H27NO5/c1-22(2,3)28-23-12-16-10-11-17-18(20(24)25-4)14-27-21(19(16)17)26-13-15-8-6-5-7-9-15/h5-10,12,14,17,19,21H,11,13H2,1-4H3. The van der Waals surface area contributed by atoms with Gasteiger partial charge in [-0.05, 0) is 38.3 Å². The Balaban J connectivity index is 1.77.